The normalized spacial score (nSPS) is 12.1. The van der Waals surface area contributed by atoms with Gasteiger partial charge in [0.05, 0.1) is 12.2 Å². The Balaban J connectivity index is 1.61. The topological polar surface area (TPSA) is 53.1 Å². The highest BCUT2D eigenvalue weighted by Crippen LogP contribution is 2.34. The van der Waals surface area contributed by atoms with Crippen molar-refractivity contribution in [1.29, 1.82) is 0 Å². The zero-order valence-electron chi connectivity index (χ0n) is 17.8. The van der Waals surface area contributed by atoms with E-state index >= 15 is 0 Å². The maximum atomic E-state index is 4.39. The summed E-state index contributed by atoms with van der Waals surface area (Å²) in [7, 11) is 6.07. The first kappa shape index (κ1) is 20.3. The van der Waals surface area contributed by atoms with Gasteiger partial charge in [0, 0.05) is 42.0 Å². The summed E-state index contributed by atoms with van der Waals surface area (Å²) in [6.07, 6.45) is 1.81. The van der Waals surface area contributed by atoms with Crippen molar-refractivity contribution in [3.05, 3.63) is 70.5 Å². The lowest BCUT2D eigenvalue weighted by atomic mass is 10.0. The second-order valence-electron chi connectivity index (χ2n) is 7.65. The van der Waals surface area contributed by atoms with Crippen molar-refractivity contribution in [2.45, 2.75) is 19.5 Å². The summed E-state index contributed by atoms with van der Waals surface area (Å²) in [4.78, 5) is 3.37. The molecule has 154 valence electrons. The number of nitrogens with zero attached hydrogens (tertiary/aromatic N) is 3. The van der Waals surface area contributed by atoms with Crippen LogP contribution in [0.1, 0.15) is 23.4 Å². The van der Waals surface area contributed by atoms with E-state index in [4.69, 9.17) is 0 Å². The fourth-order valence-electron chi connectivity index (χ4n) is 3.59. The summed E-state index contributed by atoms with van der Waals surface area (Å²) in [5.41, 5.74) is 4.99. The molecule has 0 radical (unpaired) electrons. The molecule has 1 unspecified atom stereocenters. The molecule has 0 bridgehead atoms. The molecular weight excluding hydrogens is 390 g/mol. The predicted octanol–water partition coefficient (Wildman–Crippen LogP) is 5.32. The molecular formula is C24H27N5S. The number of benzene rings is 2. The van der Waals surface area contributed by atoms with Crippen LogP contribution in [-0.2, 0) is 6.54 Å². The highest BCUT2D eigenvalue weighted by atomic mass is 32.1. The summed E-state index contributed by atoms with van der Waals surface area (Å²) in [5.74, 6) is 0.814. The largest absolute Gasteiger partial charge is 0.378 e. The number of hydrogen-bond donors (Lipinski definition) is 2. The number of thiophene rings is 1. The van der Waals surface area contributed by atoms with Crippen LogP contribution in [0.25, 0.3) is 21.9 Å². The van der Waals surface area contributed by atoms with Crippen molar-refractivity contribution < 1.29 is 0 Å². The van der Waals surface area contributed by atoms with Crippen molar-refractivity contribution in [2.24, 2.45) is 0 Å². The summed E-state index contributed by atoms with van der Waals surface area (Å²) >= 11 is 1.77. The second kappa shape index (κ2) is 8.81. The van der Waals surface area contributed by atoms with Crippen molar-refractivity contribution in [2.75, 3.05) is 31.4 Å². The Morgan fingerprint density at radius 2 is 1.93 bits per heavy atom. The molecule has 0 saturated heterocycles. The fourth-order valence-corrected chi connectivity index (χ4v) is 4.51. The molecule has 2 heterocycles. The molecule has 0 saturated carbocycles. The Labute approximate surface area is 181 Å². The van der Waals surface area contributed by atoms with Gasteiger partial charge in [0.15, 0.2) is 5.82 Å². The average molecular weight is 418 g/mol. The number of hydrogen-bond acceptors (Lipinski definition) is 6. The second-order valence-corrected chi connectivity index (χ2v) is 8.59. The molecule has 6 heteroatoms. The van der Waals surface area contributed by atoms with E-state index in [1.165, 1.54) is 21.6 Å². The van der Waals surface area contributed by atoms with Gasteiger partial charge < -0.3 is 15.5 Å². The Hall–Kier alpha value is -2.96. The van der Waals surface area contributed by atoms with Gasteiger partial charge in [0.25, 0.3) is 0 Å². The summed E-state index contributed by atoms with van der Waals surface area (Å²) in [5, 5.41) is 19.8. The quantitative estimate of drug-likeness (QED) is 0.426. The van der Waals surface area contributed by atoms with Gasteiger partial charge in [-0.05, 0) is 54.2 Å². The first-order valence-electron chi connectivity index (χ1n) is 10.1. The lowest BCUT2D eigenvalue weighted by Crippen LogP contribution is -2.10. The van der Waals surface area contributed by atoms with Crippen LogP contribution in [0.4, 0.5) is 11.5 Å². The maximum Gasteiger partial charge on any atom is 0.157 e. The van der Waals surface area contributed by atoms with Crippen molar-refractivity contribution >= 4 is 33.6 Å². The molecule has 0 aliphatic carbocycles. The summed E-state index contributed by atoms with van der Waals surface area (Å²) in [6.45, 7) is 3.03. The Morgan fingerprint density at radius 3 is 2.73 bits per heavy atom. The minimum atomic E-state index is 0.128. The van der Waals surface area contributed by atoms with Crippen LogP contribution in [0.15, 0.2) is 60.1 Å². The highest BCUT2D eigenvalue weighted by molar-refractivity contribution is 7.10. The summed E-state index contributed by atoms with van der Waals surface area (Å²) in [6, 6.07) is 17.3. The van der Waals surface area contributed by atoms with Crippen LogP contribution >= 0.6 is 11.3 Å². The summed E-state index contributed by atoms with van der Waals surface area (Å²) < 4.78 is 0. The Morgan fingerprint density at radius 1 is 1.10 bits per heavy atom. The molecule has 2 aromatic heterocycles. The fraction of sp³-hybridized carbons (Fsp3) is 0.250. The van der Waals surface area contributed by atoms with Crippen LogP contribution in [0.5, 0.6) is 0 Å². The molecule has 0 aliphatic heterocycles. The molecule has 30 heavy (non-hydrogen) atoms. The van der Waals surface area contributed by atoms with E-state index in [1.807, 2.05) is 27.3 Å². The first-order valence-corrected chi connectivity index (χ1v) is 11.0. The molecule has 1 atom stereocenters. The smallest absolute Gasteiger partial charge is 0.157 e. The molecule has 4 rings (SSSR count). The molecule has 5 nitrogen and oxygen atoms in total. The van der Waals surface area contributed by atoms with Gasteiger partial charge >= 0.3 is 0 Å². The number of nitrogens with one attached hydrogen (secondary N) is 2. The average Bonchev–Trinajstić information content (AvgIpc) is 3.24. The number of fused-ring (bicyclic) bond motifs is 1. The van der Waals surface area contributed by atoms with Crippen LogP contribution in [0.2, 0.25) is 0 Å². The van der Waals surface area contributed by atoms with Crippen LogP contribution in [0.3, 0.4) is 0 Å². The maximum absolute atomic E-state index is 4.39. The zero-order chi connectivity index (χ0) is 21.1. The lowest BCUT2D eigenvalue weighted by Gasteiger charge is -2.16. The van der Waals surface area contributed by atoms with E-state index in [1.54, 1.807) is 11.3 Å². The van der Waals surface area contributed by atoms with Gasteiger partial charge in [-0.3, -0.25) is 0 Å². The third-order valence-corrected chi connectivity index (χ3v) is 6.37. The Kier molecular flexibility index (Phi) is 5.97. The first-order chi connectivity index (χ1) is 14.6. The zero-order valence-corrected chi connectivity index (χ0v) is 18.6. The van der Waals surface area contributed by atoms with Gasteiger partial charge in [0.2, 0.25) is 0 Å². The SMILES string of the molecule is CNCc1ccccc1-c1csc(C(C)Nc2nncc3ccc(N(C)C)cc23)c1. The molecule has 0 amide bonds. The minimum absolute atomic E-state index is 0.128. The molecule has 0 aliphatic rings. The van der Waals surface area contributed by atoms with Crippen LogP contribution < -0.4 is 15.5 Å². The van der Waals surface area contributed by atoms with E-state index in [0.29, 0.717) is 0 Å². The standard InChI is InChI=1S/C24H27N5S/c1-16(23-11-19(15-30-23)21-8-6-5-7-17(21)13-25-2)27-24-22-12-20(29(3)4)10-9-18(22)14-26-28-24/h5-12,14-16,25H,13H2,1-4H3,(H,27,28). The lowest BCUT2D eigenvalue weighted by molar-refractivity contribution is 0.819. The predicted molar refractivity (Wildman–Crippen MR) is 128 cm³/mol. The third kappa shape index (κ3) is 4.15. The van der Waals surface area contributed by atoms with E-state index in [-0.39, 0.29) is 6.04 Å². The Bertz CT molecular complexity index is 1150. The number of rotatable bonds is 7. The van der Waals surface area contributed by atoms with Gasteiger partial charge in [-0.25, -0.2) is 0 Å². The van der Waals surface area contributed by atoms with Gasteiger partial charge in [-0.2, -0.15) is 5.10 Å². The van der Waals surface area contributed by atoms with Crippen molar-refractivity contribution in [3.63, 3.8) is 0 Å². The van der Waals surface area contributed by atoms with Gasteiger partial charge in [0.1, 0.15) is 0 Å². The number of anilines is 2. The molecule has 4 aromatic rings. The molecule has 2 aromatic carbocycles. The monoisotopic (exact) mass is 417 g/mol. The van der Waals surface area contributed by atoms with E-state index in [9.17, 15) is 0 Å². The highest BCUT2D eigenvalue weighted by Gasteiger charge is 2.14. The molecule has 0 spiro atoms. The van der Waals surface area contributed by atoms with Crippen molar-refractivity contribution in [1.82, 2.24) is 15.5 Å². The molecule has 0 fully saturated rings. The minimum Gasteiger partial charge on any atom is -0.378 e. The number of aromatic nitrogens is 2. The third-order valence-electron chi connectivity index (χ3n) is 5.26. The van der Waals surface area contributed by atoms with Gasteiger partial charge in [-0.15, -0.1) is 16.4 Å². The molecule has 2 N–H and O–H groups in total. The van der Waals surface area contributed by atoms with Crippen LogP contribution in [0, 0.1) is 0 Å². The van der Waals surface area contributed by atoms with Crippen LogP contribution in [-0.4, -0.2) is 31.3 Å². The van der Waals surface area contributed by atoms with E-state index < -0.39 is 0 Å². The van der Waals surface area contributed by atoms with E-state index in [2.05, 4.69) is 86.6 Å². The van der Waals surface area contributed by atoms with Gasteiger partial charge in [-0.1, -0.05) is 30.3 Å². The van der Waals surface area contributed by atoms with Crippen molar-refractivity contribution in [3.8, 4) is 11.1 Å². The van der Waals surface area contributed by atoms with E-state index in [0.717, 1.165) is 28.8 Å².